The molecule has 1 saturated carbocycles. The molecule has 0 radical (unpaired) electrons. The number of rotatable bonds is 5. The second-order valence-electron chi connectivity index (χ2n) is 4.57. The summed E-state index contributed by atoms with van der Waals surface area (Å²) < 4.78 is 0. The van der Waals surface area contributed by atoms with Crippen molar-refractivity contribution in [2.24, 2.45) is 5.41 Å². The minimum Gasteiger partial charge on any atom is -0.281 e. The van der Waals surface area contributed by atoms with Crippen LogP contribution in [0.1, 0.15) is 64.7 Å². The Kier molecular flexibility index (Phi) is 4.94. The first-order chi connectivity index (χ1) is 6.71. The smallest absolute Gasteiger partial charge is 0.227 e. The zero-order valence-electron chi connectivity index (χ0n) is 9.15. The summed E-state index contributed by atoms with van der Waals surface area (Å²) in [6.45, 7) is 2.19. The number of unbranched alkanes of at least 4 members (excludes halogenated alkanes) is 2. The lowest BCUT2D eigenvalue weighted by molar-refractivity contribution is -0.122. The van der Waals surface area contributed by atoms with Gasteiger partial charge in [-0.1, -0.05) is 45.4 Å². The fraction of sp³-hybridized carbons (Fsp3) is 0.917. The lowest BCUT2D eigenvalue weighted by Gasteiger charge is -2.33. The summed E-state index contributed by atoms with van der Waals surface area (Å²) in [7, 11) is 0. The maximum Gasteiger partial charge on any atom is 0.227 e. The molecule has 0 N–H and O–H groups in total. The topological polar surface area (TPSA) is 17.1 Å². The molecule has 0 aliphatic heterocycles. The number of carbonyl (C=O) groups excluding carboxylic acids is 1. The zero-order valence-corrected chi connectivity index (χ0v) is 9.91. The van der Waals surface area contributed by atoms with E-state index in [1.54, 1.807) is 0 Å². The molecule has 1 nitrogen and oxygen atoms in total. The second-order valence-corrected chi connectivity index (χ2v) is 4.92. The number of carbonyl (C=O) groups is 1. The molecule has 1 aliphatic carbocycles. The van der Waals surface area contributed by atoms with E-state index in [0.29, 0.717) is 0 Å². The Balaban J connectivity index is 2.47. The molecule has 0 amide bonds. The Morgan fingerprint density at radius 1 is 1.21 bits per heavy atom. The predicted octanol–water partition coefficient (Wildman–Crippen LogP) is 4.28. The van der Waals surface area contributed by atoms with Crippen molar-refractivity contribution < 1.29 is 4.79 Å². The first-order valence-electron chi connectivity index (χ1n) is 5.91. The van der Waals surface area contributed by atoms with Gasteiger partial charge in [0.1, 0.15) is 0 Å². The van der Waals surface area contributed by atoms with Crippen LogP contribution >= 0.6 is 11.6 Å². The van der Waals surface area contributed by atoms with Crippen molar-refractivity contribution in [3.63, 3.8) is 0 Å². The van der Waals surface area contributed by atoms with Crippen molar-refractivity contribution in [2.75, 3.05) is 0 Å². The molecule has 1 rings (SSSR count). The minimum absolute atomic E-state index is 0.0756. The van der Waals surface area contributed by atoms with Gasteiger partial charge < -0.3 is 0 Å². The van der Waals surface area contributed by atoms with E-state index in [-0.39, 0.29) is 10.7 Å². The summed E-state index contributed by atoms with van der Waals surface area (Å²) >= 11 is 5.75. The third kappa shape index (κ3) is 2.98. The zero-order chi connectivity index (χ0) is 10.4. The summed E-state index contributed by atoms with van der Waals surface area (Å²) in [6, 6.07) is 0. The minimum atomic E-state index is -0.144. The van der Waals surface area contributed by atoms with Gasteiger partial charge in [0.2, 0.25) is 5.24 Å². The van der Waals surface area contributed by atoms with E-state index in [1.807, 2.05) is 0 Å². The quantitative estimate of drug-likeness (QED) is 0.495. The third-order valence-electron chi connectivity index (χ3n) is 3.49. The predicted molar refractivity (Wildman–Crippen MR) is 60.5 cm³/mol. The molecular weight excluding hydrogens is 196 g/mol. The molecule has 0 unspecified atom stereocenters. The maximum atomic E-state index is 11.5. The highest BCUT2D eigenvalue weighted by molar-refractivity contribution is 6.64. The lowest BCUT2D eigenvalue weighted by atomic mass is 9.72. The van der Waals surface area contributed by atoms with E-state index < -0.39 is 0 Å². The molecular formula is C12H21ClO. The van der Waals surface area contributed by atoms with Gasteiger partial charge in [-0.25, -0.2) is 0 Å². The van der Waals surface area contributed by atoms with Crippen molar-refractivity contribution in [1.29, 1.82) is 0 Å². The summed E-state index contributed by atoms with van der Waals surface area (Å²) in [6.07, 6.45) is 10.3. The normalized spacial score (nSPS) is 20.7. The van der Waals surface area contributed by atoms with Gasteiger partial charge in [0.15, 0.2) is 0 Å². The van der Waals surface area contributed by atoms with E-state index in [2.05, 4.69) is 6.92 Å². The van der Waals surface area contributed by atoms with Crippen molar-refractivity contribution >= 4 is 16.8 Å². The maximum absolute atomic E-state index is 11.5. The van der Waals surface area contributed by atoms with Crippen LogP contribution in [-0.2, 0) is 4.79 Å². The Labute approximate surface area is 92.2 Å². The molecule has 1 aliphatic rings. The molecule has 0 bridgehead atoms. The van der Waals surface area contributed by atoms with Gasteiger partial charge in [0.25, 0.3) is 0 Å². The van der Waals surface area contributed by atoms with Crippen LogP contribution in [0.4, 0.5) is 0 Å². The summed E-state index contributed by atoms with van der Waals surface area (Å²) in [5.74, 6) is 0. The van der Waals surface area contributed by atoms with E-state index in [4.69, 9.17) is 11.6 Å². The highest BCUT2D eigenvalue weighted by Crippen LogP contribution is 2.42. The van der Waals surface area contributed by atoms with Gasteiger partial charge >= 0.3 is 0 Å². The van der Waals surface area contributed by atoms with Crippen LogP contribution in [0.5, 0.6) is 0 Å². The molecule has 0 spiro atoms. The SMILES string of the molecule is CCCCCC1(C(=O)Cl)CCCCC1. The second kappa shape index (κ2) is 5.75. The molecule has 0 saturated heterocycles. The first kappa shape index (κ1) is 12.0. The van der Waals surface area contributed by atoms with Crippen LogP contribution in [0, 0.1) is 5.41 Å². The monoisotopic (exact) mass is 216 g/mol. The Bertz CT molecular complexity index is 183. The molecule has 0 aromatic heterocycles. The molecule has 0 heterocycles. The highest BCUT2D eigenvalue weighted by Gasteiger charge is 2.37. The Morgan fingerprint density at radius 2 is 1.86 bits per heavy atom. The highest BCUT2D eigenvalue weighted by atomic mass is 35.5. The molecule has 1 fully saturated rings. The standard InChI is InChI=1S/C12H21ClO/c1-2-3-5-8-12(11(13)14)9-6-4-7-10-12/h2-10H2,1H3. The summed E-state index contributed by atoms with van der Waals surface area (Å²) in [5, 5.41) is -0.0756. The largest absolute Gasteiger partial charge is 0.281 e. The van der Waals surface area contributed by atoms with Crippen molar-refractivity contribution in [3.05, 3.63) is 0 Å². The summed E-state index contributed by atoms with van der Waals surface area (Å²) in [4.78, 5) is 11.5. The van der Waals surface area contributed by atoms with E-state index in [0.717, 1.165) is 25.7 Å². The van der Waals surface area contributed by atoms with E-state index >= 15 is 0 Å². The van der Waals surface area contributed by atoms with Crippen molar-refractivity contribution in [3.8, 4) is 0 Å². The average molecular weight is 217 g/mol. The van der Waals surface area contributed by atoms with Crippen LogP contribution in [0.2, 0.25) is 0 Å². The van der Waals surface area contributed by atoms with Crippen LogP contribution in [0.15, 0.2) is 0 Å². The molecule has 82 valence electrons. The molecule has 0 aromatic rings. The van der Waals surface area contributed by atoms with E-state index in [9.17, 15) is 4.79 Å². The van der Waals surface area contributed by atoms with Gasteiger partial charge in [0.05, 0.1) is 0 Å². The number of hydrogen-bond acceptors (Lipinski definition) is 1. The first-order valence-corrected chi connectivity index (χ1v) is 6.29. The molecule has 0 aromatic carbocycles. The van der Waals surface area contributed by atoms with Crippen molar-refractivity contribution in [2.45, 2.75) is 64.7 Å². The van der Waals surface area contributed by atoms with Gasteiger partial charge in [-0.2, -0.15) is 0 Å². The van der Waals surface area contributed by atoms with Gasteiger partial charge in [-0.05, 0) is 30.9 Å². The third-order valence-corrected chi connectivity index (χ3v) is 3.89. The van der Waals surface area contributed by atoms with Crippen molar-refractivity contribution in [1.82, 2.24) is 0 Å². The Hall–Kier alpha value is -0.0400. The van der Waals surface area contributed by atoms with Gasteiger partial charge in [-0.3, -0.25) is 4.79 Å². The molecule has 14 heavy (non-hydrogen) atoms. The average Bonchev–Trinajstić information content (AvgIpc) is 2.19. The lowest BCUT2D eigenvalue weighted by Crippen LogP contribution is -2.30. The fourth-order valence-corrected chi connectivity index (χ4v) is 2.77. The number of halogens is 1. The fourth-order valence-electron chi connectivity index (χ4n) is 2.49. The van der Waals surface area contributed by atoms with Crippen LogP contribution < -0.4 is 0 Å². The summed E-state index contributed by atoms with van der Waals surface area (Å²) in [5.41, 5.74) is -0.144. The van der Waals surface area contributed by atoms with E-state index in [1.165, 1.54) is 32.1 Å². The van der Waals surface area contributed by atoms with Gasteiger partial charge in [0, 0.05) is 5.41 Å². The Morgan fingerprint density at radius 3 is 2.36 bits per heavy atom. The van der Waals surface area contributed by atoms with Crippen LogP contribution in [0.25, 0.3) is 0 Å². The van der Waals surface area contributed by atoms with Crippen LogP contribution in [0.3, 0.4) is 0 Å². The van der Waals surface area contributed by atoms with Crippen LogP contribution in [-0.4, -0.2) is 5.24 Å². The molecule has 0 atom stereocenters. The number of hydrogen-bond donors (Lipinski definition) is 0. The molecule has 2 heteroatoms. The van der Waals surface area contributed by atoms with Gasteiger partial charge in [-0.15, -0.1) is 0 Å².